The van der Waals surface area contributed by atoms with Gasteiger partial charge in [0.05, 0.1) is 11.3 Å². The molecule has 0 unspecified atom stereocenters. The quantitative estimate of drug-likeness (QED) is 0.576. The Balaban J connectivity index is 0.00000176. The number of nitrogens with zero attached hydrogens (tertiary/aromatic N) is 2. The summed E-state index contributed by atoms with van der Waals surface area (Å²) < 4.78 is 0. The lowest BCUT2D eigenvalue weighted by molar-refractivity contribution is 0.880. The average Bonchev–Trinajstić information content (AvgIpc) is 2.56. The van der Waals surface area contributed by atoms with E-state index in [4.69, 9.17) is 16.9 Å². The molecule has 0 aliphatic rings. The molecule has 1 aromatic heterocycles. The summed E-state index contributed by atoms with van der Waals surface area (Å²) in [5.41, 5.74) is 16.2. The molecule has 1 aromatic carbocycles. The minimum atomic E-state index is 0.167. The van der Waals surface area contributed by atoms with Gasteiger partial charge in [0.1, 0.15) is 17.5 Å². The highest BCUT2D eigenvalue weighted by atomic mass is 15.1. The second kappa shape index (κ2) is 9.71. The molecule has 27 heavy (non-hydrogen) atoms. The van der Waals surface area contributed by atoms with Gasteiger partial charge in [0.15, 0.2) is 0 Å². The van der Waals surface area contributed by atoms with Crippen LogP contribution in [0.4, 0.5) is 11.6 Å². The molecule has 0 aliphatic carbocycles. The molecule has 2 rings (SSSR count). The molecule has 0 aliphatic heterocycles. The average molecular weight is 369 g/mol. The molecule has 1 heterocycles. The topological polar surface area (TPSA) is 114 Å². The third-order valence-electron chi connectivity index (χ3n) is 3.77. The molecule has 0 saturated carbocycles. The highest BCUT2D eigenvalue weighted by molar-refractivity contribution is 6.16. The second-order valence-corrected chi connectivity index (χ2v) is 6.53. The van der Waals surface area contributed by atoms with Crippen LogP contribution in [-0.4, -0.2) is 21.7 Å². The fraction of sp³-hybridized carbons (Fsp3) is 0.381. The van der Waals surface area contributed by atoms with Crippen LogP contribution in [0.5, 0.6) is 0 Å². The third kappa shape index (κ3) is 5.81. The fourth-order valence-corrected chi connectivity index (χ4v) is 2.66. The van der Waals surface area contributed by atoms with Gasteiger partial charge in [-0.25, -0.2) is 9.97 Å². The number of nitrogen functional groups attached to an aromatic ring is 1. The molecule has 146 valence electrons. The zero-order chi connectivity index (χ0) is 20.7. The highest BCUT2D eigenvalue weighted by Crippen LogP contribution is 2.24. The Morgan fingerprint density at radius 3 is 2.37 bits per heavy atom. The number of rotatable bonds is 6. The van der Waals surface area contributed by atoms with Gasteiger partial charge in [-0.3, -0.25) is 5.41 Å². The van der Waals surface area contributed by atoms with Gasteiger partial charge in [-0.1, -0.05) is 32.6 Å². The standard InChI is InChI=1S/C19H26N6.C2H6/c1-10(2)23-19-16(18(22)24-13(5)25-19)17(21)15-7-6-14(9-12(4)20)11(3)8-15;1-2/h6-8,10,21H,4,9,20H2,1-3,5H3,(H3,22,23,24,25);1-2H3. The maximum absolute atomic E-state index is 8.63. The summed E-state index contributed by atoms with van der Waals surface area (Å²) in [6, 6.07) is 5.99. The monoisotopic (exact) mass is 368 g/mol. The van der Waals surface area contributed by atoms with Crippen LogP contribution in [0.15, 0.2) is 30.5 Å². The van der Waals surface area contributed by atoms with Crippen LogP contribution in [0.3, 0.4) is 0 Å². The summed E-state index contributed by atoms with van der Waals surface area (Å²) in [6.45, 7) is 15.6. The summed E-state index contributed by atoms with van der Waals surface area (Å²) >= 11 is 0. The normalized spacial score (nSPS) is 10.2. The predicted molar refractivity (Wildman–Crippen MR) is 115 cm³/mol. The van der Waals surface area contributed by atoms with Crippen molar-refractivity contribution in [2.24, 2.45) is 5.73 Å². The van der Waals surface area contributed by atoms with Crippen LogP contribution in [0, 0.1) is 19.3 Å². The molecule has 6 nitrogen and oxygen atoms in total. The van der Waals surface area contributed by atoms with Crippen molar-refractivity contribution in [2.45, 2.75) is 54.0 Å². The van der Waals surface area contributed by atoms with E-state index in [1.807, 2.05) is 52.8 Å². The van der Waals surface area contributed by atoms with Crippen molar-refractivity contribution in [3.63, 3.8) is 0 Å². The van der Waals surface area contributed by atoms with Gasteiger partial charge in [0, 0.05) is 23.7 Å². The van der Waals surface area contributed by atoms with Crippen molar-refractivity contribution in [1.82, 2.24) is 9.97 Å². The maximum Gasteiger partial charge on any atom is 0.141 e. The molecule has 0 radical (unpaired) electrons. The smallest absolute Gasteiger partial charge is 0.141 e. The van der Waals surface area contributed by atoms with E-state index >= 15 is 0 Å². The summed E-state index contributed by atoms with van der Waals surface area (Å²) in [7, 11) is 0. The molecule has 6 heteroatoms. The highest BCUT2D eigenvalue weighted by Gasteiger charge is 2.18. The second-order valence-electron chi connectivity index (χ2n) is 6.53. The summed E-state index contributed by atoms with van der Waals surface area (Å²) in [5.74, 6) is 1.46. The van der Waals surface area contributed by atoms with Crippen molar-refractivity contribution < 1.29 is 0 Å². The van der Waals surface area contributed by atoms with E-state index in [1.165, 1.54) is 0 Å². The molecule has 0 amide bonds. The number of allylic oxidation sites excluding steroid dienone is 1. The van der Waals surface area contributed by atoms with Gasteiger partial charge in [0.25, 0.3) is 0 Å². The number of nitrogens with one attached hydrogen (secondary N) is 2. The summed E-state index contributed by atoms with van der Waals surface area (Å²) in [4.78, 5) is 8.65. The van der Waals surface area contributed by atoms with Crippen molar-refractivity contribution in [2.75, 3.05) is 11.1 Å². The van der Waals surface area contributed by atoms with Gasteiger partial charge in [0.2, 0.25) is 0 Å². The Morgan fingerprint density at radius 1 is 1.22 bits per heavy atom. The van der Waals surface area contributed by atoms with Crippen LogP contribution in [0.2, 0.25) is 0 Å². The van der Waals surface area contributed by atoms with Crippen molar-refractivity contribution in [3.8, 4) is 0 Å². The van der Waals surface area contributed by atoms with Crippen LogP contribution in [0.25, 0.3) is 0 Å². The van der Waals surface area contributed by atoms with Crippen LogP contribution in [-0.2, 0) is 6.42 Å². The first-order valence-corrected chi connectivity index (χ1v) is 9.21. The van der Waals surface area contributed by atoms with Gasteiger partial charge >= 0.3 is 0 Å². The number of anilines is 2. The SMILES string of the molecule is C=C(N)Cc1ccc(C(=N)c2c(N)nc(C)nc2NC(C)C)cc1C.CC. The lowest BCUT2D eigenvalue weighted by Gasteiger charge is -2.17. The number of benzene rings is 1. The predicted octanol–water partition coefficient (Wildman–Crippen LogP) is 3.95. The van der Waals surface area contributed by atoms with E-state index in [2.05, 4.69) is 21.9 Å². The van der Waals surface area contributed by atoms with Crippen molar-refractivity contribution >= 4 is 17.3 Å². The largest absolute Gasteiger partial charge is 0.402 e. The molecule has 0 atom stereocenters. The Morgan fingerprint density at radius 2 is 1.85 bits per heavy atom. The minimum absolute atomic E-state index is 0.167. The molecule has 0 spiro atoms. The molecule has 6 N–H and O–H groups in total. The van der Waals surface area contributed by atoms with Gasteiger partial charge < -0.3 is 16.8 Å². The van der Waals surface area contributed by atoms with Gasteiger partial charge in [-0.2, -0.15) is 0 Å². The first kappa shape index (κ1) is 22.2. The lowest BCUT2D eigenvalue weighted by atomic mass is 9.96. The van der Waals surface area contributed by atoms with Gasteiger partial charge in [-0.05, 0) is 44.9 Å². The van der Waals surface area contributed by atoms with Crippen LogP contribution in [0.1, 0.15) is 55.8 Å². The minimum Gasteiger partial charge on any atom is -0.402 e. The number of hydrogen-bond acceptors (Lipinski definition) is 6. The van der Waals surface area contributed by atoms with E-state index in [-0.39, 0.29) is 6.04 Å². The fourth-order valence-electron chi connectivity index (χ4n) is 2.66. The van der Waals surface area contributed by atoms with E-state index in [0.29, 0.717) is 40.9 Å². The van der Waals surface area contributed by atoms with Gasteiger partial charge in [-0.15, -0.1) is 0 Å². The molecule has 0 saturated heterocycles. The lowest BCUT2D eigenvalue weighted by Crippen LogP contribution is -2.19. The Labute approximate surface area is 162 Å². The number of nitrogens with two attached hydrogens (primary N) is 2. The number of hydrogen-bond donors (Lipinski definition) is 4. The molecule has 0 bridgehead atoms. The zero-order valence-electron chi connectivity index (χ0n) is 17.3. The van der Waals surface area contributed by atoms with Crippen LogP contribution >= 0.6 is 0 Å². The molecular weight excluding hydrogens is 336 g/mol. The zero-order valence-corrected chi connectivity index (χ0v) is 17.3. The van der Waals surface area contributed by atoms with Crippen LogP contribution < -0.4 is 16.8 Å². The number of aromatic nitrogens is 2. The Kier molecular flexibility index (Phi) is 7.97. The summed E-state index contributed by atoms with van der Waals surface area (Å²) in [5, 5.41) is 11.9. The summed E-state index contributed by atoms with van der Waals surface area (Å²) in [6.07, 6.45) is 0.620. The first-order chi connectivity index (χ1) is 12.7. The Bertz CT molecular complexity index is 824. The molecular formula is C21H32N6. The van der Waals surface area contributed by atoms with Crippen molar-refractivity contribution in [1.29, 1.82) is 5.41 Å². The van der Waals surface area contributed by atoms with E-state index < -0.39 is 0 Å². The molecule has 0 fully saturated rings. The van der Waals surface area contributed by atoms with Crippen molar-refractivity contribution in [3.05, 3.63) is 58.6 Å². The third-order valence-corrected chi connectivity index (χ3v) is 3.77. The van der Waals surface area contributed by atoms with E-state index in [0.717, 1.165) is 16.7 Å². The molecule has 2 aromatic rings. The first-order valence-electron chi connectivity index (χ1n) is 9.21. The maximum atomic E-state index is 8.63. The van der Waals surface area contributed by atoms with E-state index in [1.54, 1.807) is 6.92 Å². The Hall–Kier alpha value is -2.89. The number of aryl methyl sites for hydroxylation is 2. The van der Waals surface area contributed by atoms with E-state index in [9.17, 15) is 0 Å².